The third kappa shape index (κ3) is 3.38. The van der Waals surface area contributed by atoms with Crippen molar-refractivity contribution in [2.24, 2.45) is 22.2 Å². The molecular formula is C19H35N3O. The smallest absolute Gasteiger partial charge is 0.191 e. The fraction of sp³-hybridized carbons (Fsp3) is 0.947. The zero-order chi connectivity index (χ0) is 16.4. The third-order valence-electron chi connectivity index (χ3n) is 6.47. The first kappa shape index (κ1) is 17.1. The van der Waals surface area contributed by atoms with Crippen LogP contribution in [0.2, 0.25) is 0 Å². The van der Waals surface area contributed by atoms with Crippen molar-refractivity contribution in [1.82, 2.24) is 10.6 Å². The predicted octanol–water partition coefficient (Wildman–Crippen LogP) is 3.32. The van der Waals surface area contributed by atoms with Crippen LogP contribution in [0.25, 0.3) is 0 Å². The molecular weight excluding hydrogens is 286 g/mol. The van der Waals surface area contributed by atoms with Crippen molar-refractivity contribution in [3.05, 3.63) is 0 Å². The Labute approximate surface area is 141 Å². The second-order valence-corrected chi connectivity index (χ2v) is 8.28. The molecule has 1 saturated heterocycles. The summed E-state index contributed by atoms with van der Waals surface area (Å²) in [5, 5.41) is 7.46. The van der Waals surface area contributed by atoms with Gasteiger partial charge in [-0.15, -0.1) is 0 Å². The minimum absolute atomic E-state index is 0.206. The van der Waals surface area contributed by atoms with Gasteiger partial charge in [0, 0.05) is 36.6 Å². The Hall–Kier alpha value is -0.770. The molecule has 0 aromatic rings. The zero-order valence-corrected chi connectivity index (χ0v) is 15.4. The highest BCUT2D eigenvalue weighted by atomic mass is 16.5. The van der Waals surface area contributed by atoms with E-state index in [1.54, 1.807) is 0 Å². The summed E-state index contributed by atoms with van der Waals surface area (Å²) >= 11 is 0. The van der Waals surface area contributed by atoms with E-state index in [1.165, 1.54) is 38.5 Å². The Balaban J connectivity index is 1.56. The van der Waals surface area contributed by atoms with E-state index in [-0.39, 0.29) is 5.41 Å². The van der Waals surface area contributed by atoms with E-state index in [0.29, 0.717) is 24.1 Å². The Morgan fingerprint density at radius 2 is 1.83 bits per heavy atom. The van der Waals surface area contributed by atoms with Crippen molar-refractivity contribution < 1.29 is 4.74 Å². The minimum atomic E-state index is 0.206. The van der Waals surface area contributed by atoms with Crippen LogP contribution in [0.5, 0.6) is 0 Å². The molecule has 2 saturated carbocycles. The minimum Gasteiger partial charge on any atom is -0.377 e. The van der Waals surface area contributed by atoms with Crippen LogP contribution in [0.3, 0.4) is 0 Å². The monoisotopic (exact) mass is 321 g/mol. The predicted molar refractivity (Wildman–Crippen MR) is 95.7 cm³/mol. The Morgan fingerprint density at radius 1 is 1.09 bits per heavy atom. The van der Waals surface area contributed by atoms with Gasteiger partial charge in [-0.1, -0.05) is 27.2 Å². The summed E-state index contributed by atoms with van der Waals surface area (Å²) in [6, 6.07) is 1.08. The lowest BCUT2D eigenvalue weighted by Crippen LogP contribution is -2.68. The van der Waals surface area contributed by atoms with Crippen molar-refractivity contribution in [3.63, 3.8) is 0 Å². The molecule has 2 aliphatic carbocycles. The van der Waals surface area contributed by atoms with Crippen molar-refractivity contribution >= 4 is 5.96 Å². The van der Waals surface area contributed by atoms with Crippen LogP contribution in [0.4, 0.5) is 0 Å². The van der Waals surface area contributed by atoms with Gasteiger partial charge >= 0.3 is 0 Å². The number of nitrogens with zero attached hydrogens (tertiary/aromatic N) is 1. The molecule has 0 spiro atoms. The maximum atomic E-state index is 5.91. The van der Waals surface area contributed by atoms with E-state index in [4.69, 9.17) is 9.73 Å². The molecule has 0 aromatic heterocycles. The van der Waals surface area contributed by atoms with Gasteiger partial charge in [0.05, 0.1) is 6.10 Å². The summed E-state index contributed by atoms with van der Waals surface area (Å²) in [5.41, 5.74) is 0.206. The second-order valence-electron chi connectivity index (χ2n) is 8.28. The molecule has 23 heavy (non-hydrogen) atoms. The molecule has 132 valence electrons. The molecule has 0 bridgehead atoms. The lowest BCUT2D eigenvalue weighted by Gasteiger charge is -2.55. The maximum Gasteiger partial charge on any atom is 0.191 e. The Kier molecular flexibility index (Phi) is 5.19. The molecule has 1 aliphatic heterocycles. The molecule has 4 nitrogen and oxygen atoms in total. The summed E-state index contributed by atoms with van der Waals surface area (Å²) in [4.78, 5) is 4.71. The Bertz CT molecular complexity index is 426. The number of aliphatic imine (C=N–C) groups is 1. The van der Waals surface area contributed by atoms with Crippen LogP contribution >= 0.6 is 0 Å². The molecule has 0 amide bonds. The van der Waals surface area contributed by atoms with Gasteiger partial charge in [0.15, 0.2) is 5.96 Å². The van der Waals surface area contributed by atoms with Gasteiger partial charge in [-0.2, -0.15) is 0 Å². The van der Waals surface area contributed by atoms with E-state index in [9.17, 15) is 0 Å². The lowest BCUT2D eigenvalue weighted by atomic mass is 9.57. The normalized spacial score (nSPS) is 39.5. The number of guanidine groups is 1. The third-order valence-corrected chi connectivity index (χ3v) is 6.47. The van der Waals surface area contributed by atoms with Crippen molar-refractivity contribution in [2.45, 2.75) is 84.4 Å². The summed E-state index contributed by atoms with van der Waals surface area (Å²) in [6.07, 6.45) is 8.25. The molecule has 3 aliphatic rings. The topological polar surface area (TPSA) is 45.7 Å². The first-order chi connectivity index (χ1) is 11.1. The van der Waals surface area contributed by atoms with Gasteiger partial charge in [0.1, 0.15) is 0 Å². The molecule has 3 fully saturated rings. The van der Waals surface area contributed by atoms with Crippen molar-refractivity contribution in [1.29, 1.82) is 0 Å². The molecule has 3 unspecified atom stereocenters. The van der Waals surface area contributed by atoms with Crippen molar-refractivity contribution in [2.75, 3.05) is 13.2 Å². The fourth-order valence-corrected chi connectivity index (χ4v) is 4.96. The maximum absolute atomic E-state index is 5.91. The average Bonchev–Trinajstić information content (AvgIpc) is 3.00. The lowest BCUT2D eigenvalue weighted by molar-refractivity contribution is -0.106. The van der Waals surface area contributed by atoms with Crippen LogP contribution < -0.4 is 10.6 Å². The summed E-state index contributed by atoms with van der Waals surface area (Å²) in [6.45, 7) is 10.8. The van der Waals surface area contributed by atoms with E-state index >= 15 is 0 Å². The highest BCUT2D eigenvalue weighted by molar-refractivity contribution is 5.80. The second kappa shape index (κ2) is 7.00. The highest BCUT2D eigenvalue weighted by Crippen LogP contribution is 2.52. The van der Waals surface area contributed by atoms with E-state index in [1.807, 2.05) is 0 Å². The molecule has 4 heteroatoms. The first-order valence-corrected chi connectivity index (χ1v) is 9.75. The largest absolute Gasteiger partial charge is 0.377 e. The molecule has 3 atom stereocenters. The first-order valence-electron chi connectivity index (χ1n) is 9.75. The Morgan fingerprint density at radius 3 is 2.48 bits per heavy atom. The molecule has 0 aromatic carbocycles. The van der Waals surface area contributed by atoms with Crippen molar-refractivity contribution in [3.8, 4) is 0 Å². The zero-order valence-electron chi connectivity index (χ0n) is 15.4. The van der Waals surface area contributed by atoms with E-state index in [2.05, 4.69) is 38.3 Å². The van der Waals surface area contributed by atoms with Crippen LogP contribution in [0.15, 0.2) is 4.99 Å². The van der Waals surface area contributed by atoms with Gasteiger partial charge in [0.25, 0.3) is 0 Å². The van der Waals surface area contributed by atoms with Crippen LogP contribution in [0.1, 0.15) is 66.2 Å². The average molecular weight is 322 g/mol. The highest BCUT2D eigenvalue weighted by Gasteiger charge is 2.59. The standard InChI is InChI=1S/C19H35N3O/c1-5-13-7-9-14(10-8-13)21-18(20-6-2)22-16-15-11-12-23-17(15)19(16,3)4/h13-17H,5-12H2,1-4H3,(H2,20,21,22). The number of nitrogens with one attached hydrogen (secondary N) is 2. The summed E-state index contributed by atoms with van der Waals surface area (Å²) in [7, 11) is 0. The fourth-order valence-electron chi connectivity index (χ4n) is 4.96. The van der Waals surface area contributed by atoms with Gasteiger partial charge < -0.3 is 15.4 Å². The quantitative estimate of drug-likeness (QED) is 0.617. The van der Waals surface area contributed by atoms with Gasteiger partial charge in [0.2, 0.25) is 0 Å². The number of hydrogen-bond acceptors (Lipinski definition) is 2. The van der Waals surface area contributed by atoms with Gasteiger partial charge in [-0.25, -0.2) is 0 Å². The summed E-state index contributed by atoms with van der Waals surface area (Å²) in [5.74, 6) is 2.62. The van der Waals surface area contributed by atoms with Gasteiger partial charge in [-0.3, -0.25) is 4.99 Å². The van der Waals surface area contributed by atoms with E-state index < -0.39 is 0 Å². The van der Waals surface area contributed by atoms with E-state index in [0.717, 1.165) is 25.0 Å². The van der Waals surface area contributed by atoms with Crippen LogP contribution in [-0.2, 0) is 4.74 Å². The number of fused-ring (bicyclic) bond motifs is 1. The SMILES string of the molecule is CCN=C(NC1CCC(CC)CC1)NC1C2CCOC2C1(C)C. The number of hydrogen-bond donors (Lipinski definition) is 2. The van der Waals surface area contributed by atoms with Crippen LogP contribution in [-0.4, -0.2) is 37.3 Å². The van der Waals surface area contributed by atoms with Gasteiger partial charge in [-0.05, 0) is 44.9 Å². The van der Waals surface area contributed by atoms with Crippen LogP contribution in [0, 0.1) is 17.3 Å². The number of ether oxygens (including phenoxy) is 1. The molecule has 2 N–H and O–H groups in total. The molecule has 0 radical (unpaired) electrons. The molecule has 3 rings (SSSR count). The molecule has 1 heterocycles. The number of rotatable bonds is 4. The summed E-state index contributed by atoms with van der Waals surface area (Å²) < 4.78 is 5.91.